The van der Waals surface area contributed by atoms with Crippen LogP contribution in [-0.4, -0.2) is 109 Å². The number of aromatic nitrogens is 8. The highest BCUT2D eigenvalue weighted by molar-refractivity contribution is 8.06. The minimum absolute atomic E-state index is 0.110. The van der Waals surface area contributed by atoms with Crippen LogP contribution in [0.1, 0.15) is 12.5 Å². The largest absolute Gasteiger partial charge is 0.780 e. The van der Waals surface area contributed by atoms with E-state index in [9.17, 15) is 25.3 Å². The molecule has 4 aromatic rings. The first-order chi connectivity index (χ1) is 19.6. The molecule has 220 valence electrons. The lowest BCUT2D eigenvalue weighted by molar-refractivity contribution is -0.217. The first-order valence-corrected chi connectivity index (χ1v) is 14.6. The predicted octanol–water partition coefficient (Wildman–Crippen LogP) is -3.31. The van der Waals surface area contributed by atoms with E-state index in [2.05, 4.69) is 29.9 Å². The van der Waals surface area contributed by atoms with Gasteiger partial charge < -0.3 is 55.3 Å². The van der Waals surface area contributed by atoms with E-state index in [0.717, 1.165) is 0 Å². The second-order valence-corrected chi connectivity index (χ2v) is 12.0. The number of nitrogens with zero attached hydrogens (tertiary/aromatic N) is 8. The molecule has 0 amide bonds. The summed E-state index contributed by atoms with van der Waals surface area (Å²) in [6.07, 6.45) is -5.42. The molecular formula is C20H24N10O9PS-. The number of hydrogen-bond acceptors (Lipinski definition) is 18. The Labute approximate surface area is 234 Å². The van der Waals surface area contributed by atoms with Crippen LogP contribution < -0.4 is 16.4 Å². The van der Waals surface area contributed by atoms with Crippen molar-refractivity contribution in [3.63, 3.8) is 0 Å². The van der Waals surface area contributed by atoms with Gasteiger partial charge in [-0.3, -0.25) is 9.13 Å². The number of fused-ring (bicyclic) bond motifs is 2. The van der Waals surface area contributed by atoms with Gasteiger partial charge in [-0.05, 0) is 0 Å². The monoisotopic (exact) mass is 611 g/mol. The lowest BCUT2D eigenvalue weighted by Gasteiger charge is -2.33. The Balaban J connectivity index is 1.14. The molecule has 2 aliphatic rings. The lowest BCUT2D eigenvalue weighted by Crippen LogP contribution is -2.37. The van der Waals surface area contributed by atoms with E-state index in [1.165, 1.54) is 34.4 Å². The van der Waals surface area contributed by atoms with Crippen LogP contribution in [0, 0.1) is 0 Å². The molecule has 5 unspecified atom stereocenters. The van der Waals surface area contributed by atoms with Gasteiger partial charge in [-0.1, -0.05) is 11.8 Å². The Morgan fingerprint density at radius 1 is 0.854 bits per heavy atom. The molecule has 6 heterocycles. The number of anilines is 2. The Kier molecular flexibility index (Phi) is 7.32. The SMILES string of the molecule is Nc1ncnc2c1ncn2[C@@H]1O[C@H](COP([O-])(=S)OC2C(O)[C@H](n3cnc4c(N)ncnc43)O[C@@H]2CO)C(O)C1O. The number of rotatable bonds is 8. The number of ether oxygens (including phenoxy) is 2. The molecular weight excluding hydrogens is 587 g/mol. The average molecular weight is 612 g/mol. The molecule has 0 aromatic carbocycles. The summed E-state index contributed by atoms with van der Waals surface area (Å²) in [7, 11) is 0. The van der Waals surface area contributed by atoms with Gasteiger partial charge in [-0.2, -0.15) is 0 Å². The second-order valence-electron chi connectivity index (χ2n) is 9.26. The van der Waals surface area contributed by atoms with Gasteiger partial charge in [0, 0.05) is 0 Å². The smallest absolute Gasteiger partial charge is 0.167 e. The van der Waals surface area contributed by atoms with Crippen molar-refractivity contribution in [1.82, 2.24) is 39.0 Å². The van der Waals surface area contributed by atoms with Crippen molar-refractivity contribution in [1.29, 1.82) is 0 Å². The maximum atomic E-state index is 13.1. The van der Waals surface area contributed by atoms with Crippen LogP contribution in [0.4, 0.5) is 11.6 Å². The number of nitrogens with two attached hydrogens (primary N) is 2. The Bertz CT molecular complexity index is 1620. The minimum atomic E-state index is -4.38. The topological polar surface area (TPSA) is 280 Å². The van der Waals surface area contributed by atoms with Crippen LogP contribution in [0.15, 0.2) is 25.3 Å². The number of aliphatic hydroxyl groups is 4. The van der Waals surface area contributed by atoms with E-state index in [0.29, 0.717) is 0 Å². The summed E-state index contributed by atoms with van der Waals surface area (Å²) in [5.41, 5.74) is 12.7. The van der Waals surface area contributed by atoms with Crippen molar-refractivity contribution < 1.29 is 43.8 Å². The van der Waals surface area contributed by atoms with E-state index in [1.807, 2.05) is 0 Å². The fraction of sp³-hybridized carbons (Fsp3) is 0.500. The molecule has 8 N–H and O–H groups in total. The summed E-state index contributed by atoms with van der Waals surface area (Å²) in [6.45, 7) is -5.56. The molecule has 0 spiro atoms. The molecule has 9 atom stereocenters. The van der Waals surface area contributed by atoms with Crippen molar-refractivity contribution >= 4 is 52.5 Å². The zero-order valence-electron chi connectivity index (χ0n) is 20.8. The summed E-state index contributed by atoms with van der Waals surface area (Å²) in [5, 5.41) is 42.0. The summed E-state index contributed by atoms with van der Waals surface area (Å²) < 4.78 is 24.9. The van der Waals surface area contributed by atoms with Gasteiger partial charge in [0.15, 0.2) is 35.4 Å². The molecule has 4 aromatic heterocycles. The molecule has 19 nitrogen and oxygen atoms in total. The summed E-state index contributed by atoms with van der Waals surface area (Å²) in [4.78, 5) is 37.2. The van der Waals surface area contributed by atoms with Gasteiger partial charge in [-0.15, -0.1) is 0 Å². The zero-order chi connectivity index (χ0) is 29.1. The zero-order valence-corrected chi connectivity index (χ0v) is 22.5. The number of imidazole rings is 2. The van der Waals surface area contributed by atoms with Crippen molar-refractivity contribution in [2.24, 2.45) is 0 Å². The number of hydrogen-bond donors (Lipinski definition) is 6. The van der Waals surface area contributed by atoms with Gasteiger partial charge in [0.05, 0.1) is 25.9 Å². The van der Waals surface area contributed by atoms with Gasteiger partial charge in [0.2, 0.25) is 0 Å². The third-order valence-electron chi connectivity index (χ3n) is 6.80. The van der Waals surface area contributed by atoms with Crippen LogP contribution in [0.2, 0.25) is 0 Å². The fourth-order valence-electron chi connectivity index (χ4n) is 4.78. The molecule has 0 aliphatic carbocycles. The van der Waals surface area contributed by atoms with E-state index < -0.39 is 69.0 Å². The molecule has 0 radical (unpaired) electrons. The summed E-state index contributed by atoms with van der Waals surface area (Å²) in [5.74, 6) is 0.226. The molecule has 0 saturated carbocycles. The van der Waals surface area contributed by atoms with Gasteiger partial charge >= 0.3 is 0 Å². The summed E-state index contributed by atoms with van der Waals surface area (Å²) >= 11 is 5.02. The third kappa shape index (κ3) is 4.91. The normalized spacial score (nSPS) is 31.7. The molecule has 21 heteroatoms. The van der Waals surface area contributed by atoms with Crippen LogP contribution in [-0.2, 0) is 30.3 Å². The molecule has 2 fully saturated rings. The molecule has 0 bridgehead atoms. The molecule has 6 rings (SSSR count). The van der Waals surface area contributed by atoms with E-state index in [4.69, 9.17) is 41.8 Å². The van der Waals surface area contributed by atoms with Gasteiger partial charge in [0.25, 0.3) is 0 Å². The maximum absolute atomic E-state index is 13.1. The van der Waals surface area contributed by atoms with E-state index >= 15 is 0 Å². The first kappa shape index (κ1) is 28.1. The van der Waals surface area contributed by atoms with Crippen molar-refractivity contribution in [2.75, 3.05) is 24.7 Å². The minimum Gasteiger partial charge on any atom is -0.780 e. The predicted molar refractivity (Wildman–Crippen MR) is 138 cm³/mol. The van der Waals surface area contributed by atoms with Crippen molar-refractivity contribution in [3.05, 3.63) is 25.3 Å². The first-order valence-electron chi connectivity index (χ1n) is 12.1. The van der Waals surface area contributed by atoms with Crippen LogP contribution in [0.25, 0.3) is 22.3 Å². The lowest BCUT2D eigenvalue weighted by atomic mass is 10.1. The Morgan fingerprint density at radius 3 is 1.95 bits per heavy atom. The third-order valence-corrected chi connectivity index (χ3v) is 8.34. The van der Waals surface area contributed by atoms with Crippen LogP contribution in [0.5, 0.6) is 0 Å². The maximum Gasteiger partial charge on any atom is 0.167 e. The van der Waals surface area contributed by atoms with Crippen LogP contribution in [0.3, 0.4) is 0 Å². The Hall–Kier alpha value is -3.01. The van der Waals surface area contributed by atoms with Crippen molar-refractivity contribution in [3.8, 4) is 0 Å². The van der Waals surface area contributed by atoms with E-state index in [1.54, 1.807) is 0 Å². The number of aliphatic hydroxyl groups excluding tert-OH is 4. The highest BCUT2D eigenvalue weighted by Crippen LogP contribution is 2.46. The Morgan fingerprint density at radius 2 is 1.39 bits per heavy atom. The molecule has 2 saturated heterocycles. The average Bonchev–Trinajstić information content (AvgIpc) is 3.70. The second kappa shape index (κ2) is 10.7. The van der Waals surface area contributed by atoms with Crippen LogP contribution >= 0.6 is 6.72 Å². The molecule has 2 aliphatic heterocycles. The molecule has 41 heavy (non-hydrogen) atoms. The van der Waals surface area contributed by atoms with E-state index in [-0.39, 0.29) is 34.0 Å². The van der Waals surface area contributed by atoms with Crippen molar-refractivity contribution in [2.45, 2.75) is 49.1 Å². The standard InChI is InChI=1S/C20H25N10O9PS/c21-15-9-17(25-3-23-15)29(5-27-9)19-12(33)11(32)8(38-19)2-36-40(35,41)39-14-7(1-31)37-20(13(14)34)30-6-28-10-16(22)24-4-26-18(10)30/h3-8,11-14,19-20,31-34H,1-2H2,(H,35,41)(H2,21,23,25)(H2,22,24,26)/p-1/t7-,8-,11?,12?,13?,14?,19-,20-,40?/m1/s1. The fourth-order valence-corrected chi connectivity index (χ4v) is 6.21. The highest BCUT2D eigenvalue weighted by Gasteiger charge is 2.48. The number of nitrogen functional groups attached to an aromatic ring is 2. The highest BCUT2D eigenvalue weighted by atomic mass is 32.5. The van der Waals surface area contributed by atoms with Gasteiger partial charge in [0.1, 0.15) is 67.0 Å². The quantitative estimate of drug-likeness (QED) is 0.106. The summed E-state index contributed by atoms with van der Waals surface area (Å²) in [6, 6.07) is 0. The van der Waals surface area contributed by atoms with Gasteiger partial charge in [-0.25, -0.2) is 29.9 Å².